The Morgan fingerprint density at radius 1 is 1.08 bits per heavy atom. The van der Waals surface area contributed by atoms with E-state index in [-0.39, 0.29) is 41.9 Å². The molecule has 36 heavy (non-hydrogen) atoms. The molecule has 1 aliphatic rings. The van der Waals surface area contributed by atoms with E-state index in [4.69, 9.17) is 0 Å². The number of carbonyl (C=O) groups excluding carboxylic acids is 1. The second-order valence-electron chi connectivity index (χ2n) is 8.23. The van der Waals surface area contributed by atoms with E-state index in [9.17, 15) is 22.8 Å². The van der Waals surface area contributed by atoms with Crippen LogP contribution in [-0.2, 0) is 4.79 Å². The van der Waals surface area contributed by atoms with Gasteiger partial charge in [-0.3, -0.25) is 14.7 Å². The van der Waals surface area contributed by atoms with Crippen LogP contribution >= 0.6 is 24.8 Å². The van der Waals surface area contributed by atoms with Crippen LogP contribution in [0.25, 0.3) is 11.3 Å². The molecule has 0 radical (unpaired) electrons. The summed E-state index contributed by atoms with van der Waals surface area (Å²) in [6, 6.07) is 8.84. The highest BCUT2D eigenvalue weighted by Gasteiger charge is 2.21. The van der Waals surface area contributed by atoms with Gasteiger partial charge in [-0.25, -0.2) is 18.0 Å². The molecule has 4 rings (SSSR count). The monoisotopic (exact) mass is 543 g/mol. The van der Waals surface area contributed by atoms with Gasteiger partial charge in [0.15, 0.2) is 17.5 Å². The topological polar surface area (TPSA) is 82.2 Å². The van der Waals surface area contributed by atoms with Gasteiger partial charge in [0.1, 0.15) is 5.82 Å². The van der Waals surface area contributed by atoms with Gasteiger partial charge in [0, 0.05) is 36.0 Å². The van der Waals surface area contributed by atoms with Crippen molar-refractivity contribution in [3.63, 3.8) is 0 Å². The fraction of sp³-hybridized carbons (Fsp3) is 0.333. The minimum absolute atomic E-state index is 0. The first-order valence-electron chi connectivity index (χ1n) is 11.1. The number of piperidine rings is 1. The largest absolute Gasteiger partial charge is 0.347 e. The maximum absolute atomic E-state index is 13.6. The van der Waals surface area contributed by atoms with Crippen LogP contribution in [0.1, 0.15) is 30.9 Å². The zero-order valence-corrected chi connectivity index (χ0v) is 20.8. The second-order valence-corrected chi connectivity index (χ2v) is 8.23. The first kappa shape index (κ1) is 29.3. The smallest absolute Gasteiger partial charge is 0.305 e. The second kappa shape index (κ2) is 13.4. The Morgan fingerprint density at radius 2 is 1.78 bits per heavy atom. The molecule has 2 aromatic heterocycles. The lowest BCUT2D eigenvalue weighted by molar-refractivity contribution is -0.107. The van der Waals surface area contributed by atoms with Crippen LogP contribution in [0.3, 0.4) is 0 Å². The molecule has 3 heterocycles. The van der Waals surface area contributed by atoms with Crippen molar-refractivity contribution in [1.29, 1.82) is 0 Å². The van der Waals surface area contributed by atoms with E-state index < -0.39 is 23.1 Å². The Kier molecular flexibility index (Phi) is 10.9. The molecule has 1 saturated heterocycles. The fourth-order valence-electron chi connectivity index (χ4n) is 4.21. The number of aromatic amines is 1. The van der Waals surface area contributed by atoms with Crippen LogP contribution in [0.2, 0.25) is 0 Å². The third-order valence-electron chi connectivity index (χ3n) is 6.01. The van der Waals surface area contributed by atoms with Gasteiger partial charge < -0.3 is 9.88 Å². The van der Waals surface area contributed by atoms with Crippen LogP contribution in [0.5, 0.6) is 0 Å². The van der Waals surface area contributed by atoms with Gasteiger partial charge in [-0.05, 0) is 63.2 Å². The van der Waals surface area contributed by atoms with Crippen molar-refractivity contribution in [2.75, 3.05) is 31.1 Å². The summed E-state index contributed by atoms with van der Waals surface area (Å²) < 4.78 is 40.5. The third kappa shape index (κ3) is 7.05. The van der Waals surface area contributed by atoms with Gasteiger partial charge in [-0.1, -0.05) is 6.07 Å². The average Bonchev–Trinajstić information content (AvgIpc) is 2.85. The number of carbonyl (C=O) groups is 1. The SMILES string of the molecule is Cl.Cl.O=CN(CCCN1CCC(c2ccccn2)CC1)c1cc(-c2cc(F)c(F)c(F)c2)[nH]c(=O)n1. The molecule has 0 bridgehead atoms. The highest BCUT2D eigenvalue weighted by atomic mass is 35.5. The molecular formula is C24H26Cl2F3N5O2. The molecule has 0 aliphatic carbocycles. The van der Waals surface area contributed by atoms with Gasteiger partial charge in [0.25, 0.3) is 0 Å². The molecule has 1 fully saturated rings. The fourth-order valence-corrected chi connectivity index (χ4v) is 4.21. The number of benzene rings is 1. The Hall–Kier alpha value is -2.95. The highest BCUT2D eigenvalue weighted by Crippen LogP contribution is 2.27. The molecular weight excluding hydrogens is 518 g/mol. The zero-order valence-electron chi connectivity index (χ0n) is 19.2. The summed E-state index contributed by atoms with van der Waals surface area (Å²) in [4.78, 5) is 37.9. The summed E-state index contributed by atoms with van der Waals surface area (Å²) in [7, 11) is 0. The first-order chi connectivity index (χ1) is 16.4. The van der Waals surface area contributed by atoms with Crippen molar-refractivity contribution in [2.24, 2.45) is 0 Å². The number of amides is 1. The van der Waals surface area contributed by atoms with E-state index >= 15 is 0 Å². The summed E-state index contributed by atoms with van der Waals surface area (Å²) in [6.07, 6.45) is 5.05. The van der Waals surface area contributed by atoms with E-state index in [0.29, 0.717) is 25.3 Å². The number of hydrogen-bond donors (Lipinski definition) is 1. The predicted molar refractivity (Wildman–Crippen MR) is 135 cm³/mol. The maximum atomic E-state index is 13.6. The maximum Gasteiger partial charge on any atom is 0.347 e. The summed E-state index contributed by atoms with van der Waals surface area (Å²) in [5.74, 6) is -3.86. The molecule has 0 saturated carbocycles. The lowest BCUT2D eigenvalue weighted by atomic mass is 9.93. The number of aromatic nitrogens is 3. The summed E-state index contributed by atoms with van der Waals surface area (Å²) in [6.45, 7) is 2.93. The number of anilines is 1. The molecule has 1 aliphatic heterocycles. The van der Waals surface area contributed by atoms with E-state index in [1.807, 2.05) is 18.3 Å². The number of nitrogens with one attached hydrogen (secondary N) is 1. The van der Waals surface area contributed by atoms with Crippen LogP contribution in [-0.4, -0.2) is 52.4 Å². The molecule has 0 unspecified atom stereocenters. The Morgan fingerprint density at radius 3 is 2.39 bits per heavy atom. The molecule has 1 N–H and O–H groups in total. The highest BCUT2D eigenvalue weighted by molar-refractivity contribution is 5.85. The van der Waals surface area contributed by atoms with Crippen molar-refractivity contribution in [3.05, 3.63) is 76.2 Å². The van der Waals surface area contributed by atoms with Crippen LogP contribution in [0.4, 0.5) is 19.0 Å². The van der Waals surface area contributed by atoms with Crippen LogP contribution in [0, 0.1) is 17.5 Å². The van der Waals surface area contributed by atoms with E-state index in [1.165, 1.54) is 11.0 Å². The Bertz CT molecular complexity index is 1180. The average molecular weight is 544 g/mol. The zero-order chi connectivity index (χ0) is 24.1. The number of likely N-dealkylation sites (tertiary alicyclic amines) is 1. The molecule has 1 aromatic carbocycles. The van der Waals surface area contributed by atoms with Crippen LogP contribution < -0.4 is 10.6 Å². The number of pyridine rings is 1. The van der Waals surface area contributed by atoms with Gasteiger partial charge in [0.2, 0.25) is 6.41 Å². The van der Waals surface area contributed by atoms with Gasteiger partial charge in [-0.2, -0.15) is 4.98 Å². The summed E-state index contributed by atoms with van der Waals surface area (Å²) in [5.41, 5.74) is 0.280. The lowest BCUT2D eigenvalue weighted by Crippen LogP contribution is -2.36. The van der Waals surface area contributed by atoms with Crippen molar-refractivity contribution in [1.82, 2.24) is 19.9 Å². The minimum atomic E-state index is -1.60. The standard InChI is InChI=1S/C24H24F3N5O2.2ClH/c25-18-12-17(13-19(26)23(18)27)21-14-22(30-24(34)29-21)32(15-33)9-3-8-31-10-5-16(6-11-31)20-4-1-2-7-28-20;;/h1-2,4,7,12-16H,3,5-6,8-11H2,(H,29,30,34);2*1H. The Balaban J connectivity index is 0.00000228. The number of rotatable bonds is 8. The van der Waals surface area contributed by atoms with Gasteiger partial charge in [0.05, 0.1) is 5.69 Å². The third-order valence-corrected chi connectivity index (χ3v) is 6.01. The molecule has 0 atom stereocenters. The molecule has 3 aromatic rings. The summed E-state index contributed by atoms with van der Waals surface area (Å²) in [5, 5.41) is 0. The quantitative estimate of drug-likeness (QED) is 0.338. The molecule has 0 spiro atoms. The van der Waals surface area contributed by atoms with Crippen molar-refractivity contribution < 1.29 is 18.0 Å². The van der Waals surface area contributed by atoms with Crippen molar-refractivity contribution in [2.45, 2.75) is 25.2 Å². The summed E-state index contributed by atoms with van der Waals surface area (Å²) >= 11 is 0. The number of nitrogens with zero attached hydrogens (tertiary/aromatic N) is 4. The van der Waals surface area contributed by atoms with E-state index in [0.717, 1.165) is 50.3 Å². The van der Waals surface area contributed by atoms with Crippen LogP contribution in [0.15, 0.2) is 47.4 Å². The molecule has 1 amide bonds. The van der Waals surface area contributed by atoms with E-state index in [2.05, 4.69) is 25.9 Å². The molecule has 12 heteroatoms. The lowest BCUT2D eigenvalue weighted by Gasteiger charge is -2.32. The molecule has 194 valence electrons. The number of halogens is 5. The Labute approximate surface area is 218 Å². The predicted octanol–water partition coefficient (Wildman–Crippen LogP) is 4.33. The van der Waals surface area contributed by atoms with Gasteiger partial charge in [-0.15, -0.1) is 24.8 Å². The number of H-pyrrole nitrogens is 1. The molecule has 7 nitrogen and oxygen atoms in total. The normalized spacial score (nSPS) is 14.0. The van der Waals surface area contributed by atoms with E-state index in [1.54, 1.807) is 0 Å². The number of hydrogen-bond acceptors (Lipinski definition) is 5. The minimum Gasteiger partial charge on any atom is -0.305 e. The van der Waals surface area contributed by atoms with Crippen molar-refractivity contribution >= 4 is 37.0 Å². The first-order valence-corrected chi connectivity index (χ1v) is 11.1. The van der Waals surface area contributed by atoms with Gasteiger partial charge >= 0.3 is 5.69 Å². The van der Waals surface area contributed by atoms with Crippen molar-refractivity contribution in [3.8, 4) is 11.3 Å².